The lowest BCUT2D eigenvalue weighted by atomic mass is 10.4. The predicted octanol–water partition coefficient (Wildman–Crippen LogP) is 1.88. The van der Waals surface area contributed by atoms with Crippen molar-refractivity contribution in [2.45, 2.75) is 13.8 Å². The van der Waals surface area contributed by atoms with E-state index in [0.29, 0.717) is 23.6 Å². The van der Waals surface area contributed by atoms with E-state index in [0.717, 1.165) is 6.20 Å². The van der Waals surface area contributed by atoms with Gasteiger partial charge in [-0.3, -0.25) is 9.88 Å². The molecule has 7 heteroatoms. The number of anilines is 1. The third-order valence-corrected chi connectivity index (χ3v) is 2.82. The molecule has 0 saturated heterocycles. The standard InChI is InChI=1S/C13H16FN5O/c1-4-16-13(20)18(3)12-8-19(17-9(12)2)11-5-10(14)6-15-7-11/h5-8H,4H2,1-3H3,(H,16,20). The first-order chi connectivity index (χ1) is 9.52. The molecule has 2 aromatic heterocycles. The summed E-state index contributed by atoms with van der Waals surface area (Å²) in [7, 11) is 1.66. The van der Waals surface area contributed by atoms with E-state index in [9.17, 15) is 9.18 Å². The fourth-order valence-corrected chi connectivity index (χ4v) is 1.82. The van der Waals surface area contributed by atoms with Gasteiger partial charge in [0.05, 0.1) is 35.7 Å². The van der Waals surface area contributed by atoms with E-state index in [-0.39, 0.29) is 6.03 Å². The summed E-state index contributed by atoms with van der Waals surface area (Å²) in [5.41, 5.74) is 1.83. The predicted molar refractivity (Wildman–Crippen MR) is 73.5 cm³/mol. The SMILES string of the molecule is CCNC(=O)N(C)c1cn(-c2cncc(F)c2)nc1C. The number of carbonyl (C=O) groups is 1. The molecule has 2 aromatic rings. The molecule has 2 rings (SSSR count). The Morgan fingerprint density at radius 3 is 2.90 bits per heavy atom. The highest BCUT2D eigenvalue weighted by Gasteiger charge is 2.16. The summed E-state index contributed by atoms with van der Waals surface area (Å²) in [6.07, 6.45) is 4.30. The molecular weight excluding hydrogens is 261 g/mol. The van der Waals surface area contributed by atoms with Gasteiger partial charge in [-0.25, -0.2) is 13.9 Å². The zero-order valence-electron chi connectivity index (χ0n) is 11.6. The van der Waals surface area contributed by atoms with Crippen LogP contribution in [0.4, 0.5) is 14.9 Å². The molecule has 0 radical (unpaired) electrons. The molecule has 20 heavy (non-hydrogen) atoms. The number of hydrogen-bond acceptors (Lipinski definition) is 3. The molecule has 0 bridgehead atoms. The molecule has 106 valence electrons. The fourth-order valence-electron chi connectivity index (χ4n) is 1.82. The molecular formula is C13H16FN5O. The van der Waals surface area contributed by atoms with E-state index in [1.54, 1.807) is 20.2 Å². The Hall–Kier alpha value is -2.44. The highest BCUT2D eigenvalue weighted by atomic mass is 19.1. The molecule has 6 nitrogen and oxygen atoms in total. The lowest BCUT2D eigenvalue weighted by Gasteiger charge is -2.15. The minimum absolute atomic E-state index is 0.215. The van der Waals surface area contributed by atoms with Crippen LogP contribution < -0.4 is 10.2 Å². The molecule has 2 amide bonds. The van der Waals surface area contributed by atoms with Crippen molar-refractivity contribution >= 4 is 11.7 Å². The van der Waals surface area contributed by atoms with Gasteiger partial charge < -0.3 is 5.32 Å². The van der Waals surface area contributed by atoms with Crippen molar-refractivity contribution < 1.29 is 9.18 Å². The number of nitrogens with zero attached hydrogens (tertiary/aromatic N) is 4. The van der Waals surface area contributed by atoms with Crippen LogP contribution in [0.1, 0.15) is 12.6 Å². The van der Waals surface area contributed by atoms with Gasteiger partial charge >= 0.3 is 6.03 Å². The van der Waals surface area contributed by atoms with Gasteiger partial charge in [0.15, 0.2) is 0 Å². The first kappa shape index (κ1) is 14.0. The van der Waals surface area contributed by atoms with Crippen molar-refractivity contribution in [1.82, 2.24) is 20.1 Å². The lowest BCUT2D eigenvalue weighted by Crippen LogP contribution is -2.37. The smallest absolute Gasteiger partial charge is 0.321 e. The van der Waals surface area contributed by atoms with Gasteiger partial charge in [0.2, 0.25) is 0 Å². The van der Waals surface area contributed by atoms with Crippen LogP contribution in [0.5, 0.6) is 0 Å². The van der Waals surface area contributed by atoms with Gasteiger partial charge in [-0.05, 0) is 13.8 Å². The van der Waals surface area contributed by atoms with Crippen LogP contribution >= 0.6 is 0 Å². The maximum Gasteiger partial charge on any atom is 0.321 e. The van der Waals surface area contributed by atoms with Crippen molar-refractivity contribution in [3.05, 3.63) is 36.2 Å². The Morgan fingerprint density at radius 2 is 2.25 bits per heavy atom. The van der Waals surface area contributed by atoms with Crippen LogP contribution in [0.2, 0.25) is 0 Å². The van der Waals surface area contributed by atoms with E-state index >= 15 is 0 Å². The summed E-state index contributed by atoms with van der Waals surface area (Å²) < 4.78 is 14.7. The highest BCUT2D eigenvalue weighted by molar-refractivity contribution is 5.91. The number of aromatic nitrogens is 3. The van der Waals surface area contributed by atoms with E-state index in [1.807, 2.05) is 6.92 Å². The number of halogens is 1. The minimum Gasteiger partial charge on any atom is -0.338 e. The van der Waals surface area contributed by atoms with E-state index in [4.69, 9.17) is 0 Å². The van der Waals surface area contributed by atoms with Gasteiger partial charge in [0.25, 0.3) is 0 Å². The van der Waals surface area contributed by atoms with Crippen molar-refractivity contribution in [3.8, 4) is 5.69 Å². The first-order valence-corrected chi connectivity index (χ1v) is 6.21. The van der Waals surface area contributed by atoms with Gasteiger partial charge in [0, 0.05) is 19.7 Å². The molecule has 0 unspecified atom stereocenters. The van der Waals surface area contributed by atoms with E-state index in [1.165, 1.54) is 21.8 Å². The summed E-state index contributed by atoms with van der Waals surface area (Å²) in [5.74, 6) is -0.436. The third kappa shape index (κ3) is 2.76. The molecule has 0 spiro atoms. The number of urea groups is 1. The molecule has 2 heterocycles. The summed E-state index contributed by atoms with van der Waals surface area (Å²) in [6.45, 7) is 4.18. The molecule has 0 fully saturated rings. The second-order valence-corrected chi connectivity index (χ2v) is 4.30. The largest absolute Gasteiger partial charge is 0.338 e. The van der Waals surface area contributed by atoms with Gasteiger partial charge in [0.1, 0.15) is 5.82 Å². The van der Waals surface area contributed by atoms with Gasteiger partial charge in [-0.2, -0.15) is 5.10 Å². The Bertz CT molecular complexity index is 625. The summed E-state index contributed by atoms with van der Waals surface area (Å²) >= 11 is 0. The van der Waals surface area contributed by atoms with Crippen molar-refractivity contribution in [2.24, 2.45) is 0 Å². The number of rotatable bonds is 3. The van der Waals surface area contributed by atoms with Crippen molar-refractivity contribution in [2.75, 3.05) is 18.5 Å². The Kier molecular flexibility index (Phi) is 3.97. The number of aryl methyl sites for hydroxylation is 1. The van der Waals surface area contributed by atoms with E-state index in [2.05, 4.69) is 15.4 Å². The maximum atomic E-state index is 13.2. The molecule has 0 aliphatic carbocycles. The maximum absolute atomic E-state index is 13.2. The Labute approximate surface area is 116 Å². The summed E-state index contributed by atoms with van der Waals surface area (Å²) in [5, 5.41) is 6.98. The lowest BCUT2D eigenvalue weighted by molar-refractivity contribution is 0.248. The Balaban J connectivity index is 2.32. The van der Waals surface area contributed by atoms with Crippen LogP contribution in [0.3, 0.4) is 0 Å². The van der Waals surface area contributed by atoms with Crippen LogP contribution in [-0.2, 0) is 0 Å². The number of nitrogens with one attached hydrogen (secondary N) is 1. The molecule has 0 aliphatic rings. The van der Waals surface area contributed by atoms with Crippen molar-refractivity contribution in [3.63, 3.8) is 0 Å². The highest BCUT2D eigenvalue weighted by Crippen LogP contribution is 2.20. The van der Waals surface area contributed by atoms with Crippen LogP contribution in [0.25, 0.3) is 5.69 Å². The number of pyridine rings is 1. The summed E-state index contributed by atoms with van der Waals surface area (Å²) in [4.78, 5) is 17.0. The zero-order valence-corrected chi connectivity index (χ0v) is 11.6. The normalized spacial score (nSPS) is 10.4. The first-order valence-electron chi connectivity index (χ1n) is 6.21. The van der Waals surface area contributed by atoms with Gasteiger partial charge in [-0.15, -0.1) is 0 Å². The average Bonchev–Trinajstić information content (AvgIpc) is 2.80. The molecule has 0 atom stereocenters. The topological polar surface area (TPSA) is 63.1 Å². The molecule has 1 N–H and O–H groups in total. The zero-order chi connectivity index (χ0) is 14.7. The second kappa shape index (κ2) is 5.68. The molecule has 0 saturated carbocycles. The average molecular weight is 277 g/mol. The molecule has 0 aromatic carbocycles. The third-order valence-electron chi connectivity index (χ3n) is 2.82. The van der Waals surface area contributed by atoms with Crippen molar-refractivity contribution in [1.29, 1.82) is 0 Å². The Morgan fingerprint density at radius 1 is 1.50 bits per heavy atom. The minimum atomic E-state index is -0.436. The molecule has 0 aliphatic heterocycles. The fraction of sp³-hybridized carbons (Fsp3) is 0.308. The number of hydrogen-bond donors (Lipinski definition) is 1. The van der Waals surface area contributed by atoms with Crippen LogP contribution in [0, 0.1) is 12.7 Å². The quantitative estimate of drug-likeness (QED) is 0.931. The number of amides is 2. The second-order valence-electron chi connectivity index (χ2n) is 4.30. The van der Waals surface area contributed by atoms with Gasteiger partial charge in [-0.1, -0.05) is 0 Å². The summed E-state index contributed by atoms with van der Waals surface area (Å²) in [6, 6.07) is 1.11. The van der Waals surface area contributed by atoms with E-state index < -0.39 is 5.82 Å². The van der Waals surface area contributed by atoms with Crippen LogP contribution in [0.15, 0.2) is 24.7 Å². The monoisotopic (exact) mass is 277 g/mol. The van der Waals surface area contributed by atoms with Crippen LogP contribution in [-0.4, -0.2) is 34.4 Å². The number of carbonyl (C=O) groups excluding carboxylic acids is 1.